The molecule has 0 aromatic heterocycles. The highest BCUT2D eigenvalue weighted by Crippen LogP contribution is 2.39. The number of carbonyl (C=O) groups excluding carboxylic acids is 1. The van der Waals surface area contributed by atoms with Crippen LogP contribution in [-0.2, 0) is 9.59 Å². The summed E-state index contributed by atoms with van der Waals surface area (Å²) in [5, 5.41) is 11.5. The quantitative estimate of drug-likeness (QED) is 0.605. The molecule has 1 amide bonds. The first kappa shape index (κ1) is 20.5. The minimum absolute atomic E-state index is 0.0656. The number of hydrogen-bond donors (Lipinski definition) is 2. The molecule has 31 heavy (non-hydrogen) atoms. The first-order valence-electron chi connectivity index (χ1n) is 9.97. The predicted molar refractivity (Wildman–Crippen MR) is 115 cm³/mol. The summed E-state index contributed by atoms with van der Waals surface area (Å²) >= 11 is 0. The molecule has 0 fully saturated rings. The van der Waals surface area contributed by atoms with Crippen LogP contribution in [0.4, 0.5) is 0 Å². The monoisotopic (exact) mass is 421 g/mol. The van der Waals surface area contributed by atoms with Crippen LogP contribution in [0.15, 0.2) is 48.5 Å². The van der Waals surface area contributed by atoms with Crippen LogP contribution in [-0.4, -0.2) is 36.8 Å². The fourth-order valence-electron chi connectivity index (χ4n) is 3.87. The highest BCUT2D eigenvalue weighted by atomic mass is 16.6. The minimum Gasteiger partial charge on any atom is -0.486 e. The van der Waals surface area contributed by atoms with Gasteiger partial charge in [-0.3, -0.25) is 9.59 Å². The van der Waals surface area contributed by atoms with Crippen molar-refractivity contribution in [1.29, 1.82) is 0 Å². The summed E-state index contributed by atoms with van der Waals surface area (Å²) in [7, 11) is 0. The largest absolute Gasteiger partial charge is 0.486 e. The average Bonchev–Trinajstić information content (AvgIpc) is 2.75. The molecule has 0 saturated carbocycles. The number of primary amides is 1. The Hall–Kier alpha value is -3.74. The Kier molecular flexibility index (Phi) is 5.66. The van der Waals surface area contributed by atoms with E-state index in [1.54, 1.807) is 6.07 Å². The molecule has 0 spiro atoms. The molecule has 4 rings (SSSR count). The number of aliphatic carboxylic acids is 1. The number of carboxylic acid groups (broad SMARTS) is 1. The molecule has 1 atom stereocenters. The molecule has 3 aromatic carbocycles. The van der Waals surface area contributed by atoms with Crippen molar-refractivity contribution in [3.05, 3.63) is 65.2 Å². The van der Waals surface area contributed by atoms with E-state index < -0.39 is 11.9 Å². The second-order valence-electron chi connectivity index (χ2n) is 7.53. The maximum Gasteiger partial charge on any atom is 0.304 e. The van der Waals surface area contributed by atoms with Crippen molar-refractivity contribution in [2.45, 2.75) is 19.3 Å². The smallest absolute Gasteiger partial charge is 0.304 e. The van der Waals surface area contributed by atoms with Crippen molar-refractivity contribution in [2.24, 2.45) is 5.73 Å². The second kappa shape index (κ2) is 8.55. The normalized spacial score (nSPS) is 13.6. The summed E-state index contributed by atoms with van der Waals surface area (Å²) < 4.78 is 16.8. The zero-order valence-corrected chi connectivity index (χ0v) is 17.1. The fourth-order valence-corrected chi connectivity index (χ4v) is 3.87. The molecule has 1 aliphatic rings. The van der Waals surface area contributed by atoms with Crippen molar-refractivity contribution < 1.29 is 28.9 Å². The van der Waals surface area contributed by atoms with Gasteiger partial charge in [0, 0.05) is 5.92 Å². The summed E-state index contributed by atoms with van der Waals surface area (Å²) in [5.74, 6) is 0.0190. The van der Waals surface area contributed by atoms with Crippen LogP contribution >= 0.6 is 0 Å². The zero-order valence-electron chi connectivity index (χ0n) is 17.1. The summed E-state index contributed by atoms with van der Waals surface area (Å²) in [6, 6.07) is 15.1. The second-order valence-corrected chi connectivity index (χ2v) is 7.53. The molecule has 3 N–H and O–H groups in total. The van der Waals surface area contributed by atoms with Crippen LogP contribution in [0.1, 0.15) is 29.0 Å². The van der Waals surface area contributed by atoms with Gasteiger partial charge in [0.25, 0.3) is 5.91 Å². The highest BCUT2D eigenvalue weighted by Gasteiger charge is 2.23. The Bertz CT molecular complexity index is 1160. The summed E-state index contributed by atoms with van der Waals surface area (Å²) in [5.41, 5.74) is 7.83. The van der Waals surface area contributed by atoms with Gasteiger partial charge in [-0.1, -0.05) is 24.3 Å². The molecule has 160 valence electrons. The van der Waals surface area contributed by atoms with Gasteiger partial charge in [0.1, 0.15) is 19.0 Å². The molecular weight excluding hydrogens is 398 g/mol. The summed E-state index contributed by atoms with van der Waals surface area (Å²) in [6.45, 7) is 2.70. The molecule has 0 bridgehead atoms. The minimum atomic E-state index is -0.891. The number of nitrogens with two attached hydrogens (primary N) is 1. The van der Waals surface area contributed by atoms with Crippen LogP contribution < -0.4 is 19.9 Å². The van der Waals surface area contributed by atoms with Gasteiger partial charge < -0.3 is 25.1 Å². The van der Waals surface area contributed by atoms with Crippen LogP contribution in [0.2, 0.25) is 0 Å². The zero-order chi connectivity index (χ0) is 22.0. The van der Waals surface area contributed by atoms with Crippen LogP contribution in [0.25, 0.3) is 10.8 Å². The topological polar surface area (TPSA) is 108 Å². The van der Waals surface area contributed by atoms with E-state index in [9.17, 15) is 14.7 Å². The van der Waals surface area contributed by atoms with Gasteiger partial charge in [0.2, 0.25) is 0 Å². The molecular formula is C24H23NO6. The molecule has 0 radical (unpaired) electrons. The van der Waals surface area contributed by atoms with E-state index in [0.29, 0.717) is 30.5 Å². The Labute approximate surface area is 179 Å². The molecule has 7 nitrogen and oxygen atoms in total. The molecule has 3 aromatic rings. The van der Waals surface area contributed by atoms with Crippen molar-refractivity contribution in [2.75, 3.05) is 19.8 Å². The molecule has 0 saturated heterocycles. The van der Waals surface area contributed by atoms with E-state index in [4.69, 9.17) is 19.9 Å². The number of ether oxygens (including phenoxy) is 3. The van der Waals surface area contributed by atoms with Crippen LogP contribution in [0, 0.1) is 6.92 Å². The maximum atomic E-state index is 11.7. The van der Waals surface area contributed by atoms with Crippen LogP contribution in [0.5, 0.6) is 17.2 Å². The average molecular weight is 421 g/mol. The number of carboxylic acids is 1. The predicted octanol–water partition coefficient (Wildman–Crippen LogP) is 3.39. The Morgan fingerprint density at radius 2 is 1.74 bits per heavy atom. The standard InChI is InChI=1S/C24H23NO6/c1-14-8-21-22(30-7-6-29-21)11-19(14)20(12-24(27)28)16-3-2-15-4-5-18(10-17(15)9-16)31-13-23(25)26/h2-5,8-11,20H,6-7,12-13H2,1H3,(H2,25,26)(H,27,28). The van der Waals surface area contributed by atoms with E-state index >= 15 is 0 Å². The van der Waals surface area contributed by atoms with Crippen molar-refractivity contribution in [1.82, 2.24) is 0 Å². The number of benzene rings is 3. The number of rotatable bonds is 7. The third-order valence-corrected chi connectivity index (χ3v) is 5.30. The lowest BCUT2D eigenvalue weighted by Gasteiger charge is -2.24. The van der Waals surface area contributed by atoms with E-state index in [1.807, 2.05) is 49.4 Å². The van der Waals surface area contributed by atoms with E-state index in [0.717, 1.165) is 27.5 Å². The Morgan fingerprint density at radius 1 is 1.03 bits per heavy atom. The van der Waals surface area contributed by atoms with Gasteiger partial charge in [-0.25, -0.2) is 0 Å². The van der Waals surface area contributed by atoms with E-state index in [2.05, 4.69) is 0 Å². The van der Waals surface area contributed by atoms with Crippen molar-refractivity contribution in [3.63, 3.8) is 0 Å². The molecule has 1 aliphatic heterocycles. The van der Waals surface area contributed by atoms with Crippen LogP contribution in [0.3, 0.4) is 0 Å². The number of hydrogen-bond acceptors (Lipinski definition) is 5. The maximum absolute atomic E-state index is 11.7. The van der Waals surface area contributed by atoms with Crippen molar-refractivity contribution in [3.8, 4) is 17.2 Å². The van der Waals surface area contributed by atoms with Gasteiger partial charge >= 0.3 is 5.97 Å². The Balaban J connectivity index is 1.75. The molecule has 1 heterocycles. The lowest BCUT2D eigenvalue weighted by Crippen LogP contribution is -2.19. The van der Waals surface area contributed by atoms with Crippen molar-refractivity contribution >= 4 is 22.6 Å². The lowest BCUT2D eigenvalue weighted by molar-refractivity contribution is -0.137. The third-order valence-electron chi connectivity index (χ3n) is 5.30. The third kappa shape index (κ3) is 4.55. The number of fused-ring (bicyclic) bond motifs is 2. The van der Waals surface area contributed by atoms with E-state index in [1.165, 1.54) is 0 Å². The molecule has 7 heteroatoms. The number of carbonyl (C=O) groups is 2. The van der Waals surface area contributed by atoms with Gasteiger partial charge in [-0.2, -0.15) is 0 Å². The van der Waals surface area contributed by atoms with E-state index in [-0.39, 0.29) is 18.9 Å². The SMILES string of the molecule is Cc1cc2c(cc1C(CC(=O)O)c1ccc3ccc(OCC(N)=O)cc3c1)OCCO2. The fraction of sp³-hybridized carbons (Fsp3) is 0.250. The summed E-state index contributed by atoms with van der Waals surface area (Å²) in [4.78, 5) is 22.7. The Morgan fingerprint density at radius 3 is 2.45 bits per heavy atom. The lowest BCUT2D eigenvalue weighted by atomic mass is 9.85. The molecule has 0 aliphatic carbocycles. The first-order chi connectivity index (χ1) is 14.9. The van der Waals surface area contributed by atoms with Gasteiger partial charge in [-0.05, 0) is 58.7 Å². The van der Waals surface area contributed by atoms with Gasteiger partial charge in [0.15, 0.2) is 18.1 Å². The van der Waals surface area contributed by atoms with Gasteiger partial charge in [0.05, 0.1) is 6.42 Å². The first-order valence-corrected chi connectivity index (χ1v) is 9.97. The summed E-state index contributed by atoms with van der Waals surface area (Å²) in [6.07, 6.45) is -0.0656. The van der Waals surface area contributed by atoms with Gasteiger partial charge in [-0.15, -0.1) is 0 Å². The molecule has 1 unspecified atom stereocenters. The highest BCUT2D eigenvalue weighted by molar-refractivity contribution is 5.85. The number of amides is 1. The number of aryl methyl sites for hydroxylation is 1.